The zero-order chi connectivity index (χ0) is 26.4. The van der Waals surface area contributed by atoms with E-state index in [0.717, 1.165) is 5.56 Å². The van der Waals surface area contributed by atoms with E-state index in [2.05, 4.69) is 21.2 Å². The fraction of sp³-hybridized carbons (Fsp3) is 0.0769. The summed E-state index contributed by atoms with van der Waals surface area (Å²) < 4.78 is 5.43. The third-order valence-electron chi connectivity index (χ3n) is 5.39. The molecular formula is C26H23N5O6. The second-order valence-electron chi connectivity index (χ2n) is 8.07. The molecule has 1 aromatic heterocycles. The first-order chi connectivity index (χ1) is 17.8. The monoisotopic (exact) mass is 501 g/mol. The summed E-state index contributed by atoms with van der Waals surface area (Å²) in [5.41, 5.74) is 12.1. The largest absolute Gasteiger partial charge is 0.480 e. The molecule has 3 aromatic carbocycles. The van der Waals surface area contributed by atoms with Crippen LogP contribution in [0.5, 0.6) is 5.75 Å². The summed E-state index contributed by atoms with van der Waals surface area (Å²) in [5, 5.41) is 12.8. The highest BCUT2D eigenvalue weighted by atomic mass is 16.5. The first kappa shape index (κ1) is 24.8. The van der Waals surface area contributed by atoms with Gasteiger partial charge in [-0.15, -0.1) is 0 Å². The molecule has 0 unspecified atom stereocenters. The van der Waals surface area contributed by atoms with Gasteiger partial charge in [-0.3, -0.25) is 15.6 Å². The molecule has 0 spiro atoms. The van der Waals surface area contributed by atoms with Crippen molar-refractivity contribution in [2.75, 3.05) is 5.43 Å². The number of esters is 1. The lowest BCUT2D eigenvalue weighted by molar-refractivity contribution is -0.139. The highest BCUT2D eigenvalue weighted by Crippen LogP contribution is 2.23. The SMILES string of the molecule is NC(=O)NNc1ccc(C(=O)Oc2ccc3cc(C(=O)N[C@@H](Cc4ccccc4)C(=O)O)[nH]c3c2)cc1. The number of benzene rings is 3. The number of anilines is 1. The van der Waals surface area contributed by atoms with E-state index < -0.39 is 29.9 Å². The van der Waals surface area contributed by atoms with Crippen LogP contribution in [0.25, 0.3) is 10.9 Å². The van der Waals surface area contributed by atoms with E-state index >= 15 is 0 Å². The molecule has 1 heterocycles. The van der Waals surface area contributed by atoms with Crippen LogP contribution in [0.2, 0.25) is 0 Å². The van der Waals surface area contributed by atoms with Gasteiger partial charge in [-0.05, 0) is 48.0 Å². The fourth-order valence-electron chi connectivity index (χ4n) is 3.57. The number of carboxylic acid groups (broad SMARTS) is 1. The van der Waals surface area contributed by atoms with Gasteiger partial charge in [0.25, 0.3) is 5.91 Å². The van der Waals surface area contributed by atoms with Crippen LogP contribution in [-0.4, -0.2) is 40.0 Å². The van der Waals surface area contributed by atoms with Crippen LogP contribution in [0.15, 0.2) is 78.9 Å². The molecule has 3 amide bonds. The van der Waals surface area contributed by atoms with E-state index in [4.69, 9.17) is 10.5 Å². The Morgan fingerprint density at radius 2 is 1.68 bits per heavy atom. The van der Waals surface area contributed by atoms with Gasteiger partial charge in [0, 0.05) is 23.4 Å². The van der Waals surface area contributed by atoms with Gasteiger partial charge in [0.1, 0.15) is 17.5 Å². The van der Waals surface area contributed by atoms with Crippen LogP contribution in [0, 0.1) is 0 Å². The molecule has 11 nitrogen and oxygen atoms in total. The van der Waals surface area contributed by atoms with E-state index in [1.807, 2.05) is 6.07 Å². The van der Waals surface area contributed by atoms with Gasteiger partial charge < -0.3 is 25.9 Å². The number of fused-ring (bicyclic) bond motifs is 1. The summed E-state index contributed by atoms with van der Waals surface area (Å²) in [6.45, 7) is 0. The summed E-state index contributed by atoms with van der Waals surface area (Å²) in [5.74, 6) is -2.08. The molecule has 4 rings (SSSR count). The van der Waals surface area contributed by atoms with Crippen LogP contribution in [0.1, 0.15) is 26.4 Å². The standard InChI is InChI=1S/C26H23N5O6/c27-26(36)31-30-18-9-6-16(7-10-18)25(35)37-19-11-8-17-13-21(28-20(17)14-19)23(32)29-22(24(33)34)12-15-4-2-1-3-5-15/h1-11,13-14,22,28,30H,12H2,(H,29,32)(H,33,34)(H3,27,31,36)/t22-/m0/s1. The summed E-state index contributed by atoms with van der Waals surface area (Å²) >= 11 is 0. The van der Waals surface area contributed by atoms with E-state index in [1.165, 1.54) is 12.1 Å². The highest BCUT2D eigenvalue weighted by Gasteiger charge is 2.22. The molecule has 0 aliphatic rings. The minimum Gasteiger partial charge on any atom is -0.480 e. The number of amides is 3. The molecule has 0 fully saturated rings. The molecule has 0 radical (unpaired) electrons. The minimum atomic E-state index is -1.14. The van der Waals surface area contributed by atoms with E-state index in [0.29, 0.717) is 16.6 Å². The number of primary amides is 1. The number of hydrogen-bond donors (Lipinski definition) is 6. The van der Waals surface area contributed by atoms with Crippen LogP contribution < -0.4 is 26.6 Å². The number of carboxylic acids is 1. The van der Waals surface area contributed by atoms with Crippen molar-refractivity contribution >= 4 is 40.5 Å². The number of aromatic amines is 1. The summed E-state index contributed by atoms with van der Waals surface area (Å²) in [6, 6.07) is 19.7. The number of aromatic nitrogens is 1. The van der Waals surface area contributed by atoms with Crippen molar-refractivity contribution < 1.29 is 29.0 Å². The van der Waals surface area contributed by atoms with Crippen molar-refractivity contribution in [2.24, 2.45) is 5.73 Å². The summed E-state index contributed by atoms with van der Waals surface area (Å²) in [7, 11) is 0. The molecule has 37 heavy (non-hydrogen) atoms. The Bertz CT molecular complexity index is 1450. The molecule has 11 heteroatoms. The number of rotatable bonds is 9. The molecule has 0 bridgehead atoms. The molecule has 0 saturated carbocycles. The Labute approximate surface area is 210 Å². The van der Waals surface area contributed by atoms with Crippen LogP contribution in [0.4, 0.5) is 10.5 Å². The molecule has 0 aliphatic heterocycles. The number of carbonyl (C=O) groups is 4. The van der Waals surface area contributed by atoms with Crippen LogP contribution in [0.3, 0.4) is 0 Å². The number of aliphatic carboxylic acids is 1. The average molecular weight is 501 g/mol. The Hall–Kier alpha value is -5.32. The topological polar surface area (TPSA) is 176 Å². The normalized spacial score (nSPS) is 11.4. The van der Waals surface area contributed by atoms with E-state index in [1.54, 1.807) is 60.7 Å². The van der Waals surface area contributed by atoms with Gasteiger partial charge in [-0.1, -0.05) is 30.3 Å². The molecule has 4 aromatic rings. The first-order valence-corrected chi connectivity index (χ1v) is 11.1. The van der Waals surface area contributed by atoms with Crippen molar-refractivity contribution in [2.45, 2.75) is 12.5 Å². The third kappa shape index (κ3) is 6.42. The fourth-order valence-corrected chi connectivity index (χ4v) is 3.57. The predicted molar refractivity (Wildman–Crippen MR) is 135 cm³/mol. The zero-order valence-electron chi connectivity index (χ0n) is 19.4. The van der Waals surface area contributed by atoms with Gasteiger partial charge in [-0.25, -0.2) is 14.4 Å². The second kappa shape index (κ2) is 11.0. The molecule has 188 valence electrons. The van der Waals surface area contributed by atoms with Gasteiger partial charge >= 0.3 is 18.0 Å². The Morgan fingerprint density at radius 1 is 0.946 bits per heavy atom. The second-order valence-corrected chi connectivity index (χ2v) is 8.07. The molecule has 0 aliphatic carbocycles. The smallest absolute Gasteiger partial charge is 0.343 e. The maximum atomic E-state index is 12.8. The molecule has 0 saturated heterocycles. The van der Waals surface area contributed by atoms with Crippen molar-refractivity contribution in [1.82, 2.24) is 15.7 Å². The Balaban J connectivity index is 1.42. The predicted octanol–water partition coefficient (Wildman–Crippen LogP) is 2.81. The van der Waals surface area contributed by atoms with Crippen molar-refractivity contribution in [1.29, 1.82) is 0 Å². The number of ether oxygens (including phenoxy) is 1. The highest BCUT2D eigenvalue weighted by molar-refractivity contribution is 6.00. The number of carbonyl (C=O) groups excluding carboxylic acids is 3. The number of nitrogens with one attached hydrogen (secondary N) is 4. The Morgan fingerprint density at radius 3 is 2.35 bits per heavy atom. The van der Waals surface area contributed by atoms with Gasteiger partial charge in [0.05, 0.1) is 11.3 Å². The maximum absolute atomic E-state index is 12.8. The number of urea groups is 1. The van der Waals surface area contributed by atoms with Crippen molar-refractivity contribution in [3.8, 4) is 5.75 Å². The molecule has 7 N–H and O–H groups in total. The lowest BCUT2D eigenvalue weighted by Crippen LogP contribution is -2.42. The molecule has 1 atom stereocenters. The zero-order valence-corrected chi connectivity index (χ0v) is 19.4. The van der Waals surface area contributed by atoms with Crippen molar-refractivity contribution in [3.63, 3.8) is 0 Å². The average Bonchev–Trinajstić information content (AvgIpc) is 3.31. The molecular weight excluding hydrogens is 478 g/mol. The van der Waals surface area contributed by atoms with Gasteiger partial charge in [-0.2, -0.15) is 0 Å². The van der Waals surface area contributed by atoms with Gasteiger partial charge in [0.2, 0.25) is 0 Å². The lowest BCUT2D eigenvalue weighted by atomic mass is 10.1. The van der Waals surface area contributed by atoms with E-state index in [9.17, 15) is 24.3 Å². The number of hydrogen-bond acceptors (Lipinski definition) is 6. The number of nitrogens with two attached hydrogens (primary N) is 1. The first-order valence-electron chi connectivity index (χ1n) is 11.1. The van der Waals surface area contributed by atoms with E-state index in [-0.39, 0.29) is 23.4 Å². The third-order valence-corrected chi connectivity index (χ3v) is 5.39. The minimum absolute atomic E-state index is 0.140. The van der Waals surface area contributed by atoms with Crippen molar-refractivity contribution in [3.05, 3.63) is 95.7 Å². The lowest BCUT2D eigenvalue weighted by Gasteiger charge is -2.14. The summed E-state index contributed by atoms with van der Waals surface area (Å²) in [6.07, 6.45) is 0.140. The number of H-pyrrole nitrogens is 1. The quantitative estimate of drug-likeness (QED) is 0.116. The maximum Gasteiger partial charge on any atom is 0.343 e. The number of hydrazine groups is 1. The summed E-state index contributed by atoms with van der Waals surface area (Å²) in [4.78, 5) is 50.6. The van der Waals surface area contributed by atoms with Gasteiger partial charge in [0.15, 0.2) is 0 Å². The van der Waals surface area contributed by atoms with Crippen LogP contribution in [-0.2, 0) is 11.2 Å². The van der Waals surface area contributed by atoms with Crippen LogP contribution >= 0.6 is 0 Å². The Kier molecular flexibility index (Phi) is 7.34.